The van der Waals surface area contributed by atoms with E-state index in [1.54, 1.807) is 39.1 Å². The average Bonchev–Trinajstić information content (AvgIpc) is 2.86. The monoisotopic (exact) mass is 668 g/mol. The van der Waals surface area contributed by atoms with Crippen molar-refractivity contribution in [3.05, 3.63) is 72.0 Å². The number of hydrogen-bond acceptors (Lipinski definition) is 7. The lowest BCUT2D eigenvalue weighted by Gasteiger charge is -2.15. The van der Waals surface area contributed by atoms with Crippen LogP contribution in [0.4, 0.5) is 18.9 Å². The number of aryl methyl sites for hydroxylation is 1. The molecule has 1 aromatic heterocycles. The van der Waals surface area contributed by atoms with E-state index in [0.29, 0.717) is 27.0 Å². The molecule has 228 valence electrons. The molecule has 3 aromatic rings. The second-order valence-electron chi connectivity index (χ2n) is 9.23. The van der Waals surface area contributed by atoms with Crippen LogP contribution in [0.1, 0.15) is 38.8 Å². The molecule has 42 heavy (non-hydrogen) atoms. The van der Waals surface area contributed by atoms with E-state index in [0.717, 1.165) is 5.56 Å². The third-order valence-corrected chi connectivity index (χ3v) is 6.30. The van der Waals surface area contributed by atoms with Crippen LogP contribution < -0.4 is 20.5 Å². The smallest absolute Gasteiger partial charge is 0.455 e. The van der Waals surface area contributed by atoms with E-state index in [1.807, 2.05) is 20.8 Å². The molecular weight excluding hydrogens is 643 g/mol. The Morgan fingerprint density at radius 1 is 0.929 bits per heavy atom. The molecule has 0 spiro atoms. The first-order valence-corrected chi connectivity index (χ1v) is 13.7. The molecule has 2 aromatic carbocycles. The maximum Gasteiger partial charge on any atom is 0.455 e. The zero-order valence-corrected chi connectivity index (χ0v) is 26.3. The van der Waals surface area contributed by atoms with Crippen molar-refractivity contribution in [3.63, 3.8) is 0 Å². The Balaban J connectivity index is 0.000000293. The summed E-state index contributed by atoms with van der Waals surface area (Å²) in [5.41, 5.74) is 4.09. The Morgan fingerprint density at radius 3 is 1.98 bits per heavy atom. The second kappa shape index (κ2) is 15.0. The zero-order chi connectivity index (χ0) is 31.9. The summed E-state index contributed by atoms with van der Waals surface area (Å²) in [5, 5.41) is 8.43. The highest BCUT2D eigenvalue weighted by Gasteiger charge is 2.36. The molecule has 1 N–H and O–H groups in total. The number of nitrogens with zero attached hydrogens (tertiary/aromatic N) is 3. The molecule has 15 heteroatoms. The molecule has 0 aliphatic heterocycles. The van der Waals surface area contributed by atoms with E-state index in [-0.39, 0.29) is 45.5 Å². The summed E-state index contributed by atoms with van der Waals surface area (Å²) in [6, 6.07) is 5.91. The topological polar surface area (TPSA) is 94.8 Å². The number of alkyl halides is 3. The number of nitrogens with one attached hydrogen (secondary N) is 1. The summed E-state index contributed by atoms with van der Waals surface area (Å²) < 4.78 is 48.2. The van der Waals surface area contributed by atoms with Crippen LogP contribution in [0.25, 0.3) is 5.69 Å². The van der Waals surface area contributed by atoms with Gasteiger partial charge in [-0.05, 0) is 59.2 Å². The quantitative estimate of drug-likeness (QED) is 0.192. The maximum absolute atomic E-state index is 12.3. The molecule has 0 saturated carbocycles. The minimum atomic E-state index is -4.97. The molecule has 0 aliphatic rings. The van der Waals surface area contributed by atoms with Crippen molar-refractivity contribution >= 4 is 64.1 Å². The number of anilines is 1. The van der Waals surface area contributed by atoms with Crippen molar-refractivity contribution < 1.29 is 27.4 Å². The second-order valence-corrected chi connectivity index (χ2v) is 10.9. The van der Waals surface area contributed by atoms with Crippen molar-refractivity contribution in [2.45, 2.75) is 59.9 Å². The lowest BCUT2D eigenvalue weighted by atomic mass is 10.2. The molecule has 0 saturated heterocycles. The van der Waals surface area contributed by atoms with Gasteiger partial charge in [-0.15, -0.1) is 0 Å². The van der Waals surface area contributed by atoms with Crippen molar-refractivity contribution in [1.29, 1.82) is 0 Å². The van der Waals surface area contributed by atoms with Crippen LogP contribution in [-0.4, -0.2) is 40.2 Å². The van der Waals surface area contributed by atoms with E-state index < -0.39 is 12.0 Å². The first kappa shape index (κ1) is 35.2. The predicted molar refractivity (Wildman–Crippen MR) is 160 cm³/mol. The van der Waals surface area contributed by atoms with Crippen molar-refractivity contribution in [1.82, 2.24) is 9.78 Å². The summed E-state index contributed by atoms with van der Waals surface area (Å²) in [5.74, 6) is -1.33. The van der Waals surface area contributed by atoms with E-state index >= 15 is 0 Å². The third-order valence-electron chi connectivity index (χ3n) is 5.09. The molecule has 0 aliphatic carbocycles. The SMILES string of the molecule is CC(C)Oc1cc(N/N=C/C(=O)C(F)(F)F)c(Cl)cc1Cl.Cc1cnn(-c2cc(OC(C)C)c(Cl)cc2Cl)c(=O)c1C. The van der Waals surface area contributed by atoms with Gasteiger partial charge in [0.05, 0.1) is 56.1 Å². The number of carbonyl (C=O) groups is 1. The van der Waals surface area contributed by atoms with Crippen LogP contribution in [0.15, 0.2) is 40.4 Å². The Morgan fingerprint density at radius 2 is 1.45 bits per heavy atom. The summed E-state index contributed by atoms with van der Waals surface area (Å²) in [6.07, 6.45) is -3.42. The number of ketones is 1. The molecule has 0 amide bonds. The fourth-order valence-corrected chi connectivity index (χ4v) is 3.99. The maximum atomic E-state index is 12.3. The Bertz CT molecular complexity index is 1530. The van der Waals surface area contributed by atoms with Gasteiger partial charge in [0.25, 0.3) is 11.3 Å². The Hall–Kier alpha value is -2.99. The van der Waals surface area contributed by atoms with Gasteiger partial charge < -0.3 is 9.47 Å². The van der Waals surface area contributed by atoms with Crippen LogP contribution >= 0.6 is 46.4 Å². The highest BCUT2D eigenvalue weighted by Crippen LogP contribution is 2.35. The number of halogens is 7. The molecule has 0 fully saturated rings. The number of aromatic nitrogens is 2. The van der Waals surface area contributed by atoms with E-state index in [2.05, 4.69) is 15.6 Å². The lowest BCUT2D eigenvalue weighted by Crippen LogP contribution is -2.24. The van der Waals surface area contributed by atoms with Crippen LogP contribution in [0.2, 0.25) is 20.1 Å². The number of ether oxygens (including phenoxy) is 2. The average molecular weight is 670 g/mol. The van der Waals surface area contributed by atoms with Gasteiger partial charge in [0, 0.05) is 17.7 Å². The summed E-state index contributed by atoms with van der Waals surface area (Å²) in [4.78, 5) is 22.9. The fourth-order valence-electron chi connectivity index (χ4n) is 3.01. The van der Waals surface area contributed by atoms with E-state index in [9.17, 15) is 22.8 Å². The van der Waals surface area contributed by atoms with Gasteiger partial charge in [-0.1, -0.05) is 46.4 Å². The molecule has 0 unspecified atom stereocenters. The Labute approximate surface area is 260 Å². The highest BCUT2D eigenvalue weighted by atomic mass is 35.5. The molecular formula is C27H27Cl4F3N4O4. The Kier molecular flexibility index (Phi) is 12.5. The lowest BCUT2D eigenvalue weighted by molar-refractivity contribution is -0.162. The molecule has 0 radical (unpaired) electrons. The van der Waals surface area contributed by atoms with E-state index in [4.69, 9.17) is 55.9 Å². The number of hydrogen-bond donors (Lipinski definition) is 1. The first-order valence-electron chi connectivity index (χ1n) is 12.2. The number of carbonyl (C=O) groups excluding carboxylic acids is 1. The number of hydrazone groups is 1. The minimum absolute atomic E-state index is 0.0408. The fraction of sp³-hybridized carbons (Fsp3) is 0.333. The standard InChI is InChI=1S/C15H16Cl2N2O2.C12H11Cl2F3N2O2/c1-8(2)21-14-6-13(11(16)5-12(14)17)19-15(20)10(4)9(3)7-18-19;1-6(2)21-10-4-9(7(13)3-8(10)14)19-18-5-11(20)12(15,16)17/h5-8H,1-4H3;3-6,19H,1-2H3/b;18-5+. The van der Waals surface area contributed by atoms with Crippen molar-refractivity contribution in [2.24, 2.45) is 5.10 Å². The largest absolute Gasteiger partial charge is 0.489 e. The molecule has 1 heterocycles. The number of Topliss-reactive ketones (excluding diaryl/α,β-unsaturated/α-hetero) is 1. The molecule has 3 rings (SSSR count). The van der Waals surface area contributed by atoms with Crippen molar-refractivity contribution in [3.8, 4) is 17.2 Å². The van der Waals surface area contributed by atoms with Gasteiger partial charge in [-0.2, -0.15) is 28.1 Å². The number of benzene rings is 2. The minimum Gasteiger partial charge on any atom is -0.489 e. The summed E-state index contributed by atoms with van der Waals surface area (Å²) in [6.45, 7) is 10.9. The first-order chi connectivity index (χ1) is 19.4. The van der Waals surface area contributed by atoms with Gasteiger partial charge in [0.2, 0.25) is 0 Å². The van der Waals surface area contributed by atoms with Gasteiger partial charge in [0.1, 0.15) is 11.5 Å². The summed E-state index contributed by atoms with van der Waals surface area (Å²) >= 11 is 24.1. The van der Waals surface area contributed by atoms with Crippen LogP contribution in [0.3, 0.4) is 0 Å². The van der Waals surface area contributed by atoms with Crippen LogP contribution in [-0.2, 0) is 4.79 Å². The van der Waals surface area contributed by atoms with Crippen LogP contribution in [0.5, 0.6) is 11.5 Å². The van der Waals surface area contributed by atoms with Gasteiger partial charge in [-0.25, -0.2) is 0 Å². The molecule has 0 atom stereocenters. The normalized spacial score (nSPS) is 11.5. The highest BCUT2D eigenvalue weighted by molar-refractivity contribution is 6.37. The predicted octanol–water partition coefficient (Wildman–Crippen LogP) is 8.25. The van der Waals surface area contributed by atoms with Gasteiger partial charge >= 0.3 is 6.18 Å². The van der Waals surface area contributed by atoms with Crippen LogP contribution in [0, 0.1) is 13.8 Å². The zero-order valence-electron chi connectivity index (χ0n) is 23.2. The van der Waals surface area contributed by atoms with Crippen molar-refractivity contribution in [2.75, 3.05) is 5.43 Å². The summed E-state index contributed by atoms with van der Waals surface area (Å²) in [7, 11) is 0. The van der Waals surface area contributed by atoms with Gasteiger partial charge in [0.15, 0.2) is 0 Å². The third kappa shape index (κ3) is 9.79. The molecule has 0 bridgehead atoms. The molecule has 8 nitrogen and oxygen atoms in total. The van der Waals surface area contributed by atoms with Gasteiger partial charge in [-0.3, -0.25) is 15.0 Å². The van der Waals surface area contributed by atoms with E-state index in [1.165, 1.54) is 16.8 Å². The number of rotatable bonds is 8.